The third kappa shape index (κ3) is 2.70. The van der Waals surface area contributed by atoms with Gasteiger partial charge in [0.05, 0.1) is 11.2 Å². The number of pyridine rings is 1. The number of hydrogen-bond donors (Lipinski definition) is 1. The number of likely N-dealkylation sites (N-methyl/N-ethyl adjacent to an activating group) is 1. The molecule has 0 bridgehead atoms. The second kappa shape index (κ2) is 6.19. The lowest BCUT2D eigenvalue weighted by Gasteiger charge is -2.17. The fourth-order valence-electron chi connectivity index (χ4n) is 3.37. The minimum absolute atomic E-state index is 0.918. The van der Waals surface area contributed by atoms with Gasteiger partial charge in [-0.25, -0.2) is 4.98 Å². The Bertz CT molecular complexity index is 918. The van der Waals surface area contributed by atoms with E-state index in [0.717, 1.165) is 35.2 Å². The van der Waals surface area contributed by atoms with E-state index >= 15 is 0 Å². The smallest absolute Gasteiger partial charge is 0.0768 e. The maximum atomic E-state index is 4.97. The molecule has 3 nitrogen and oxygen atoms in total. The lowest BCUT2D eigenvalue weighted by atomic mass is 10.1. The number of nitrogens with zero attached hydrogens (tertiary/aromatic N) is 2. The Morgan fingerprint density at radius 3 is 2.83 bits per heavy atom. The van der Waals surface area contributed by atoms with Gasteiger partial charge in [0.1, 0.15) is 0 Å². The van der Waals surface area contributed by atoms with E-state index in [4.69, 9.17) is 4.98 Å². The van der Waals surface area contributed by atoms with Crippen LogP contribution in [0, 0.1) is 0 Å². The lowest BCUT2D eigenvalue weighted by molar-refractivity contribution is 0.425. The molecule has 0 unspecified atom stereocenters. The Hall–Kier alpha value is -1.91. The van der Waals surface area contributed by atoms with Crippen molar-refractivity contribution >= 4 is 32.5 Å². The molecule has 1 aromatic heterocycles. The van der Waals surface area contributed by atoms with Crippen LogP contribution in [-0.4, -0.2) is 37.1 Å². The number of fused-ring (bicyclic) bond motifs is 4. The van der Waals surface area contributed by atoms with Crippen molar-refractivity contribution in [1.29, 1.82) is 0 Å². The number of hydrogen-bond acceptors (Lipinski definition) is 3. The molecule has 3 aromatic rings. The first-order valence-corrected chi connectivity index (χ1v) is 9.02. The third-order valence-corrected chi connectivity index (χ3v) is 5.04. The predicted molar refractivity (Wildman–Crippen MR) is 105 cm³/mol. The summed E-state index contributed by atoms with van der Waals surface area (Å²) in [6, 6.07) is 14.9. The fraction of sp³-hybridized carbons (Fsp3) is 0.250. The van der Waals surface area contributed by atoms with Crippen molar-refractivity contribution in [3.63, 3.8) is 0 Å². The van der Waals surface area contributed by atoms with Crippen molar-refractivity contribution in [3.05, 3.63) is 58.1 Å². The second-order valence-electron chi connectivity index (χ2n) is 6.54. The zero-order chi connectivity index (χ0) is 16.7. The van der Waals surface area contributed by atoms with Gasteiger partial charge in [-0.2, -0.15) is 0 Å². The summed E-state index contributed by atoms with van der Waals surface area (Å²) in [5.74, 6) is 0. The molecule has 0 aliphatic heterocycles. The molecular formula is C20H20BrN3. The molecule has 122 valence electrons. The molecule has 24 heavy (non-hydrogen) atoms. The van der Waals surface area contributed by atoms with Gasteiger partial charge in [0.25, 0.3) is 0 Å². The number of halogens is 1. The average molecular weight is 382 g/mol. The van der Waals surface area contributed by atoms with Crippen LogP contribution in [-0.2, 0) is 6.42 Å². The van der Waals surface area contributed by atoms with Crippen LogP contribution >= 0.6 is 15.9 Å². The van der Waals surface area contributed by atoms with E-state index in [-0.39, 0.29) is 0 Å². The van der Waals surface area contributed by atoms with Crippen LogP contribution in [0.2, 0.25) is 0 Å². The maximum absolute atomic E-state index is 4.97. The monoisotopic (exact) mass is 381 g/mol. The quantitative estimate of drug-likeness (QED) is 0.562. The van der Waals surface area contributed by atoms with Crippen molar-refractivity contribution in [2.75, 3.05) is 32.5 Å². The average Bonchev–Trinajstić information content (AvgIpc) is 2.93. The van der Waals surface area contributed by atoms with Gasteiger partial charge in [0.15, 0.2) is 0 Å². The second-order valence-corrected chi connectivity index (χ2v) is 7.46. The molecular weight excluding hydrogens is 362 g/mol. The molecule has 1 aliphatic carbocycles. The topological polar surface area (TPSA) is 28.2 Å². The number of nitrogens with one attached hydrogen (secondary N) is 1. The van der Waals surface area contributed by atoms with Crippen LogP contribution in [0.25, 0.3) is 22.2 Å². The van der Waals surface area contributed by atoms with Crippen LogP contribution in [0.4, 0.5) is 5.69 Å². The van der Waals surface area contributed by atoms with E-state index in [1.807, 2.05) is 0 Å². The van der Waals surface area contributed by atoms with Crippen LogP contribution in [0.5, 0.6) is 0 Å². The number of benzene rings is 2. The van der Waals surface area contributed by atoms with Crippen molar-refractivity contribution in [2.45, 2.75) is 6.42 Å². The Balaban J connectivity index is 1.88. The van der Waals surface area contributed by atoms with Gasteiger partial charge in [-0.1, -0.05) is 40.2 Å². The Kier molecular flexibility index (Phi) is 4.02. The van der Waals surface area contributed by atoms with E-state index in [0.29, 0.717) is 0 Å². The largest absolute Gasteiger partial charge is 0.383 e. The minimum Gasteiger partial charge on any atom is -0.383 e. The molecule has 1 aliphatic rings. The summed E-state index contributed by atoms with van der Waals surface area (Å²) in [6.07, 6.45) is 0.950. The first kappa shape index (κ1) is 15.6. The zero-order valence-corrected chi connectivity index (χ0v) is 15.5. The molecule has 0 amide bonds. The summed E-state index contributed by atoms with van der Waals surface area (Å²) >= 11 is 3.60. The summed E-state index contributed by atoms with van der Waals surface area (Å²) < 4.78 is 1.09. The van der Waals surface area contributed by atoms with E-state index < -0.39 is 0 Å². The van der Waals surface area contributed by atoms with Crippen molar-refractivity contribution in [2.24, 2.45) is 0 Å². The molecule has 1 heterocycles. The van der Waals surface area contributed by atoms with Gasteiger partial charge in [-0.05, 0) is 37.9 Å². The molecule has 0 atom stereocenters. The summed E-state index contributed by atoms with van der Waals surface area (Å²) in [5.41, 5.74) is 7.36. The highest BCUT2D eigenvalue weighted by Gasteiger charge is 2.24. The van der Waals surface area contributed by atoms with Gasteiger partial charge < -0.3 is 10.2 Å². The van der Waals surface area contributed by atoms with Gasteiger partial charge >= 0.3 is 0 Å². The van der Waals surface area contributed by atoms with Gasteiger partial charge in [-0.3, -0.25) is 0 Å². The van der Waals surface area contributed by atoms with E-state index in [2.05, 4.69) is 82.7 Å². The summed E-state index contributed by atoms with van der Waals surface area (Å²) in [6.45, 7) is 1.92. The first-order valence-electron chi connectivity index (χ1n) is 8.22. The summed E-state index contributed by atoms with van der Waals surface area (Å²) in [5, 5.41) is 4.87. The van der Waals surface area contributed by atoms with Crippen LogP contribution < -0.4 is 5.32 Å². The highest BCUT2D eigenvalue weighted by Crippen LogP contribution is 2.42. The normalized spacial score (nSPS) is 12.5. The Morgan fingerprint density at radius 2 is 2.00 bits per heavy atom. The van der Waals surface area contributed by atoms with Gasteiger partial charge in [-0.15, -0.1) is 0 Å². The molecule has 0 spiro atoms. The van der Waals surface area contributed by atoms with E-state index in [1.165, 1.54) is 27.8 Å². The Labute approximate surface area is 150 Å². The summed E-state index contributed by atoms with van der Waals surface area (Å²) in [4.78, 5) is 7.17. The molecule has 0 radical (unpaired) electrons. The first-order chi connectivity index (χ1) is 11.6. The van der Waals surface area contributed by atoms with Crippen molar-refractivity contribution in [1.82, 2.24) is 9.88 Å². The zero-order valence-electron chi connectivity index (χ0n) is 13.9. The standard InChI is InChI=1S/C20H20BrN3/c1-24(2)10-9-22-19-16-12-14(21)7-8-18(16)23-20-15-6-4-3-5-13(15)11-17(19)20/h3-8,12H,9-11H2,1-2H3,(H,22,23). The van der Waals surface area contributed by atoms with Crippen LogP contribution in [0.3, 0.4) is 0 Å². The molecule has 0 saturated carbocycles. The van der Waals surface area contributed by atoms with Gasteiger partial charge in [0.2, 0.25) is 0 Å². The number of rotatable bonds is 4. The number of anilines is 1. The molecule has 4 heteroatoms. The lowest BCUT2D eigenvalue weighted by Crippen LogP contribution is -2.21. The summed E-state index contributed by atoms with van der Waals surface area (Å²) in [7, 11) is 4.20. The van der Waals surface area contributed by atoms with E-state index in [1.54, 1.807) is 0 Å². The maximum Gasteiger partial charge on any atom is 0.0768 e. The molecule has 0 saturated heterocycles. The highest BCUT2D eigenvalue weighted by atomic mass is 79.9. The van der Waals surface area contributed by atoms with Crippen molar-refractivity contribution in [3.8, 4) is 11.3 Å². The highest BCUT2D eigenvalue weighted by molar-refractivity contribution is 9.10. The minimum atomic E-state index is 0.918. The molecule has 0 fully saturated rings. The predicted octanol–water partition coefficient (Wildman–Crippen LogP) is 4.54. The number of aromatic nitrogens is 1. The molecule has 4 rings (SSSR count). The van der Waals surface area contributed by atoms with Crippen molar-refractivity contribution < 1.29 is 0 Å². The van der Waals surface area contributed by atoms with E-state index in [9.17, 15) is 0 Å². The fourth-order valence-corrected chi connectivity index (χ4v) is 3.73. The van der Waals surface area contributed by atoms with Gasteiger partial charge in [0, 0.05) is 46.2 Å². The third-order valence-electron chi connectivity index (χ3n) is 4.55. The van der Waals surface area contributed by atoms with Crippen LogP contribution in [0.15, 0.2) is 46.9 Å². The molecule has 2 aromatic carbocycles. The van der Waals surface area contributed by atoms with Crippen LogP contribution in [0.1, 0.15) is 11.1 Å². The Morgan fingerprint density at radius 1 is 1.17 bits per heavy atom. The molecule has 1 N–H and O–H groups in total. The SMILES string of the molecule is CN(C)CCNc1c2c(nc3ccc(Br)cc13)-c1ccccc1C2.